The fraction of sp³-hybridized carbons (Fsp3) is 0.269. The smallest absolute Gasteiger partial charge is 0.261 e. The normalized spacial score (nSPS) is 24.3. The van der Waals surface area contributed by atoms with Gasteiger partial charge in [0.15, 0.2) is 5.60 Å². The van der Waals surface area contributed by atoms with Crippen LogP contribution in [0.25, 0.3) is 0 Å². The zero-order chi connectivity index (χ0) is 21.4. The topological polar surface area (TPSA) is 52.6 Å². The molecule has 1 amide bonds. The summed E-state index contributed by atoms with van der Waals surface area (Å²) in [5.41, 5.74) is 0.249. The molecule has 2 N–H and O–H groups in total. The molecule has 5 heteroatoms. The fourth-order valence-corrected chi connectivity index (χ4v) is 4.85. The maximum Gasteiger partial charge on any atom is 0.261 e. The third-order valence-corrected chi connectivity index (χ3v) is 6.60. The standard InChI is InChI=1S/C26H25FN2O2/c27-21-13-11-20(12-14-21)26(31,19-9-5-2-6-10-19)25(30)28-24-22-16-29(17-23(22)24)15-18-7-3-1-4-8-18/h1-14,22-24,31H,15-17H2,(H,28,30). The molecule has 2 fully saturated rings. The van der Waals surface area contributed by atoms with Crippen molar-refractivity contribution < 1.29 is 14.3 Å². The first-order valence-corrected chi connectivity index (χ1v) is 10.7. The van der Waals surface area contributed by atoms with Gasteiger partial charge in [0.2, 0.25) is 0 Å². The average molecular weight is 416 g/mol. The maximum absolute atomic E-state index is 13.5. The Morgan fingerprint density at radius 3 is 2.06 bits per heavy atom. The Bertz CT molecular complexity index is 1050. The lowest BCUT2D eigenvalue weighted by atomic mass is 9.85. The first kappa shape index (κ1) is 19.9. The van der Waals surface area contributed by atoms with Gasteiger partial charge in [-0.2, -0.15) is 0 Å². The number of benzene rings is 3. The van der Waals surface area contributed by atoms with Gasteiger partial charge in [0.05, 0.1) is 0 Å². The highest BCUT2D eigenvalue weighted by Gasteiger charge is 2.57. The molecule has 0 radical (unpaired) electrons. The third kappa shape index (κ3) is 3.75. The second kappa shape index (κ2) is 7.91. The highest BCUT2D eigenvalue weighted by Crippen LogP contribution is 2.46. The first-order chi connectivity index (χ1) is 15.1. The molecule has 1 heterocycles. The number of carbonyl (C=O) groups excluding carboxylic acids is 1. The number of piperidine rings is 1. The molecule has 0 bridgehead atoms. The van der Waals surface area contributed by atoms with E-state index in [4.69, 9.17) is 0 Å². The van der Waals surface area contributed by atoms with Gasteiger partial charge < -0.3 is 10.4 Å². The van der Waals surface area contributed by atoms with Gasteiger partial charge in [-0.3, -0.25) is 9.69 Å². The van der Waals surface area contributed by atoms with E-state index in [1.165, 1.54) is 29.8 Å². The molecule has 31 heavy (non-hydrogen) atoms. The molecule has 1 aliphatic carbocycles. The molecular weight excluding hydrogens is 391 g/mol. The van der Waals surface area contributed by atoms with Crippen LogP contribution < -0.4 is 5.32 Å². The molecule has 0 aromatic heterocycles. The molecule has 2 aliphatic rings. The van der Waals surface area contributed by atoms with Crippen molar-refractivity contribution in [1.82, 2.24) is 10.2 Å². The molecule has 1 saturated heterocycles. The largest absolute Gasteiger partial charge is 0.372 e. The number of halogens is 1. The maximum atomic E-state index is 13.5. The van der Waals surface area contributed by atoms with Crippen LogP contribution in [0.2, 0.25) is 0 Å². The minimum atomic E-state index is -1.87. The molecule has 3 aromatic carbocycles. The number of likely N-dealkylation sites (tertiary alicyclic amines) is 1. The van der Waals surface area contributed by atoms with Crippen LogP contribution in [0.3, 0.4) is 0 Å². The first-order valence-electron chi connectivity index (χ1n) is 10.7. The Morgan fingerprint density at radius 1 is 0.903 bits per heavy atom. The zero-order valence-corrected chi connectivity index (χ0v) is 17.1. The lowest BCUT2D eigenvalue weighted by Crippen LogP contribution is -2.47. The minimum Gasteiger partial charge on any atom is -0.372 e. The molecule has 3 unspecified atom stereocenters. The molecule has 3 atom stereocenters. The van der Waals surface area contributed by atoms with E-state index in [0.29, 0.717) is 23.0 Å². The Morgan fingerprint density at radius 2 is 1.45 bits per heavy atom. The quantitative estimate of drug-likeness (QED) is 0.648. The summed E-state index contributed by atoms with van der Waals surface area (Å²) in [5, 5.41) is 14.6. The van der Waals surface area contributed by atoms with Crippen LogP contribution in [-0.4, -0.2) is 35.0 Å². The van der Waals surface area contributed by atoms with Crippen LogP contribution in [-0.2, 0) is 16.9 Å². The summed E-state index contributed by atoms with van der Waals surface area (Å²) in [4.78, 5) is 15.7. The highest BCUT2D eigenvalue weighted by atomic mass is 19.1. The van der Waals surface area contributed by atoms with Crippen molar-refractivity contribution in [3.63, 3.8) is 0 Å². The van der Waals surface area contributed by atoms with Gasteiger partial charge >= 0.3 is 0 Å². The lowest BCUT2D eigenvalue weighted by molar-refractivity contribution is -0.137. The predicted molar refractivity (Wildman–Crippen MR) is 116 cm³/mol. The monoisotopic (exact) mass is 416 g/mol. The predicted octanol–water partition coefficient (Wildman–Crippen LogP) is 3.31. The van der Waals surface area contributed by atoms with E-state index >= 15 is 0 Å². The highest BCUT2D eigenvalue weighted by molar-refractivity contribution is 5.90. The van der Waals surface area contributed by atoms with Gasteiger partial charge in [0.25, 0.3) is 5.91 Å². The Labute approximate surface area is 181 Å². The summed E-state index contributed by atoms with van der Waals surface area (Å²) in [5.74, 6) is -0.0593. The third-order valence-electron chi connectivity index (χ3n) is 6.60. The number of hydrogen-bond donors (Lipinski definition) is 2. The molecular formula is C26H25FN2O2. The van der Waals surface area contributed by atoms with Crippen molar-refractivity contribution in [2.75, 3.05) is 13.1 Å². The van der Waals surface area contributed by atoms with Crippen molar-refractivity contribution in [3.8, 4) is 0 Å². The van der Waals surface area contributed by atoms with Gasteiger partial charge in [-0.1, -0.05) is 72.8 Å². The van der Waals surface area contributed by atoms with Crippen molar-refractivity contribution in [2.24, 2.45) is 11.8 Å². The van der Waals surface area contributed by atoms with Gasteiger partial charge in [-0.15, -0.1) is 0 Å². The van der Waals surface area contributed by atoms with Crippen LogP contribution in [0.4, 0.5) is 4.39 Å². The zero-order valence-electron chi connectivity index (χ0n) is 17.1. The van der Waals surface area contributed by atoms with E-state index in [2.05, 4.69) is 34.5 Å². The Hall–Kier alpha value is -3.02. The van der Waals surface area contributed by atoms with E-state index in [9.17, 15) is 14.3 Å². The van der Waals surface area contributed by atoms with Crippen molar-refractivity contribution in [2.45, 2.75) is 18.2 Å². The second-order valence-electron chi connectivity index (χ2n) is 8.59. The summed E-state index contributed by atoms with van der Waals surface area (Å²) in [7, 11) is 0. The summed E-state index contributed by atoms with van der Waals surface area (Å²) >= 11 is 0. The number of aliphatic hydroxyl groups is 1. The minimum absolute atomic E-state index is 0.0650. The number of nitrogens with zero attached hydrogens (tertiary/aromatic N) is 1. The van der Waals surface area contributed by atoms with Crippen molar-refractivity contribution in [1.29, 1.82) is 0 Å². The number of carbonyl (C=O) groups is 1. The second-order valence-corrected chi connectivity index (χ2v) is 8.59. The van der Waals surface area contributed by atoms with E-state index in [0.717, 1.165) is 19.6 Å². The number of amides is 1. The van der Waals surface area contributed by atoms with Crippen LogP contribution in [0, 0.1) is 17.7 Å². The SMILES string of the molecule is O=C(NC1C2CN(Cc3ccccc3)CC21)C(O)(c1ccccc1)c1ccc(F)cc1. The number of rotatable bonds is 6. The molecule has 4 nitrogen and oxygen atoms in total. The summed E-state index contributed by atoms with van der Waals surface area (Å²) in [6.45, 7) is 2.79. The molecule has 5 rings (SSSR count). The van der Waals surface area contributed by atoms with Crippen LogP contribution in [0.15, 0.2) is 84.9 Å². The van der Waals surface area contributed by atoms with E-state index in [1.807, 2.05) is 12.1 Å². The molecule has 1 saturated carbocycles. The molecule has 3 aromatic rings. The molecule has 158 valence electrons. The van der Waals surface area contributed by atoms with Gasteiger partial charge in [-0.05, 0) is 40.7 Å². The number of fused-ring (bicyclic) bond motifs is 1. The van der Waals surface area contributed by atoms with E-state index < -0.39 is 17.3 Å². The van der Waals surface area contributed by atoms with Gasteiger partial charge in [0.1, 0.15) is 5.82 Å². The lowest BCUT2D eigenvalue weighted by Gasteiger charge is -2.29. The summed E-state index contributed by atoms with van der Waals surface area (Å²) in [6, 6.07) is 24.8. The van der Waals surface area contributed by atoms with Crippen molar-refractivity contribution >= 4 is 5.91 Å². The van der Waals surface area contributed by atoms with E-state index in [1.54, 1.807) is 24.3 Å². The number of nitrogens with one attached hydrogen (secondary N) is 1. The molecule has 0 spiro atoms. The number of hydrogen-bond acceptors (Lipinski definition) is 3. The fourth-order valence-electron chi connectivity index (χ4n) is 4.85. The Kier molecular flexibility index (Phi) is 5.08. The Balaban J connectivity index is 1.29. The van der Waals surface area contributed by atoms with Crippen molar-refractivity contribution in [3.05, 3.63) is 107 Å². The van der Waals surface area contributed by atoms with Crippen LogP contribution in [0.1, 0.15) is 16.7 Å². The molecule has 1 aliphatic heterocycles. The van der Waals surface area contributed by atoms with Gasteiger partial charge in [-0.25, -0.2) is 4.39 Å². The van der Waals surface area contributed by atoms with Crippen LogP contribution in [0.5, 0.6) is 0 Å². The van der Waals surface area contributed by atoms with Gasteiger partial charge in [0, 0.05) is 25.7 Å². The van der Waals surface area contributed by atoms with E-state index in [-0.39, 0.29) is 6.04 Å². The summed E-state index contributed by atoms with van der Waals surface area (Å²) in [6.07, 6.45) is 0. The van der Waals surface area contributed by atoms with Crippen LogP contribution >= 0.6 is 0 Å². The average Bonchev–Trinajstić information content (AvgIpc) is 3.24. The summed E-state index contributed by atoms with van der Waals surface area (Å²) < 4.78 is 13.5.